The van der Waals surface area contributed by atoms with E-state index in [2.05, 4.69) is 18.5 Å². The normalized spacial score (nSPS) is 10.5. The molecular weight excluding hydrogens is 408 g/mol. The number of allylic oxidation sites excluding steroid dienone is 2. The second-order valence-electron chi connectivity index (χ2n) is 6.25. The van der Waals surface area contributed by atoms with Crippen molar-refractivity contribution < 1.29 is 9.59 Å². The van der Waals surface area contributed by atoms with Gasteiger partial charge in [0, 0.05) is 17.4 Å². The third-order valence-electron chi connectivity index (χ3n) is 4.14. The van der Waals surface area contributed by atoms with Gasteiger partial charge in [-0.3, -0.25) is 9.59 Å². The Bertz CT molecular complexity index is 1140. The molecule has 0 aliphatic heterocycles. The largest absolute Gasteiger partial charge is 0.337 e. The van der Waals surface area contributed by atoms with Gasteiger partial charge in [-0.25, -0.2) is 28.1 Å². The molecule has 0 saturated carbocycles. The molecule has 0 fully saturated rings. The van der Waals surface area contributed by atoms with Crippen molar-refractivity contribution >= 4 is 29.1 Å². The second kappa shape index (κ2) is 9.88. The highest BCUT2D eigenvalue weighted by molar-refractivity contribution is 7.98. The van der Waals surface area contributed by atoms with Gasteiger partial charge >= 0.3 is 17.1 Å². The van der Waals surface area contributed by atoms with E-state index in [-0.39, 0.29) is 24.6 Å². The number of benzene rings is 1. The maximum absolute atomic E-state index is 12.8. The first-order valence-corrected chi connectivity index (χ1v) is 10.1. The van der Waals surface area contributed by atoms with E-state index in [9.17, 15) is 24.0 Å². The van der Waals surface area contributed by atoms with Crippen LogP contribution in [0.2, 0.25) is 0 Å². The van der Waals surface area contributed by atoms with E-state index in [0.717, 1.165) is 13.7 Å². The smallest absolute Gasteiger partial charge is 0.325 e. The molecule has 1 N–H and O–H groups in total. The van der Waals surface area contributed by atoms with Gasteiger partial charge in [-0.15, -0.1) is 24.9 Å². The van der Waals surface area contributed by atoms with Crippen LogP contribution in [0.1, 0.15) is 17.3 Å². The fourth-order valence-corrected chi connectivity index (χ4v) is 3.36. The summed E-state index contributed by atoms with van der Waals surface area (Å²) < 4.78 is 2.38. The molecule has 1 aromatic carbocycles. The van der Waals surface area contributed by atoms with E-state index >= 15 is 0 Å². The summed E-state index contributed by atoms with van der Waals surface area (Å²) in [7, 11) is 0. The number of anilines is 1. The summed E-state index contributed by atoms with van der Waals surface area (Å²) in [6.45, 7) is 7.64. The van der Waals surface area contributed by atoms with Crippen LogP contribution in [-0.2, 0) is 24.4 Å². The van der Waals surface area contributed by atoms with Crippen molar-refractivity contribution in [3.8, 4) is 0 Å². The monoisotopic (exact) mass is 430 g/mol. The van der Waals surface area contributed by atoms with E-state index in [1.54, 1.807) is 18.4 Å². The van der Waals surface area contributed by atoms with Gasteiger partial charge in [0.2, 0.25) is 5.91 Å². The molecule has 0 aliphatic carbocycles. The van der Waals surface area contributed by atoms with Crippen molar-refractivity contribution in [1.82, 2.24) is 13.7 Å². The van der Waals surface area contributed by atoms with Crippen molar-refractivity contribution in [2.45, 2.75) is 31.5 Å². The number of rotatable bonds is 9. The molecular formula is C20H22N4O5S. The summed E-state index contributed by atoms with van der Waals surface area (Å²) in [5, 5.41) is 2.67. The summed E-state index contributed by atoms with van der Waals surface area (Å²) in [4.78, 5) is 62.5. The number of carbonyl (C=O) groups is 2. The highest BCUT2D eigenvalue weighted by Crippen LogP contribution is 2.26. The molecule has 30 heavy (non-hydrogen) atoms. The van der Waals surface area contributed by atoms with Gasteiger partial charge in [-0.2, -0.15) is 0 Å². The SMILES string of the molecule is C=CCn1c(=O)n(CC=C)c(=O)n(CC(=O)c2ccc(NC(C)=O)c(SC)c2)c1=O. The van der Waals surface area contributed by atoms with Crippen LogP contribution in [-0.4, -0.2) is 31.6 Å². The standard InChI is InChI=1S/C20H22N4O5S/c1-5-9-22-18(27)23(10-6-2)20(29)24(19(22)28)12-16(26)14-7-8-15(21-13(3)25)17(11-14)30-4/h5-8,11H,1-2,9-10,12H2,3-4H3,(H,21,25). The van der Waals surface area contributed by atoms with Gasteiger partial charge in [0.05, 0.1) is 25.3 Å². The Kier molecular flexibility index (Phi) is 7.54. The molecule has 2 rings (SSSR count). The zero-order chi connectivity index (χ0) is 22.4. The number of Topliss-reactive ketones (excluding diaryl/α,β-unsaturated/α-hetero) is 1. The first-order valence-electron chi connectivity index (χ1n) is 8.90. The minimum absolute atomic E-state index is 0.106. The number of nitrogens with zero attached hydrogens (tertiary/aromatic N) is 3. The van der Waals surface area contributed by atoms with Crippen LogP contribution in [0.25, 0.3) is 0 Å². The molecule has 158 valence electrons. The van der Waals surface area contributed by atoms with Gasteiger partial charge in [0.25, 0.3) is 0 Å². The molecule has 1 aromatic heterocycles. The van der Waals surface area contributed by atoms with Gasteiger partial charge < -0.3 is 5.32 Å². The maximum atomic E-state index is 12.8. The molecule has 0 spiro atoms. The minimum Gasteiger partial charge on any atom is -0.325 e. The van der Waals surface area contributed by atoms with E-state index in [1.807, 2.05) is 0 Å². The summed E-state index contributed by atoms with van der Waals surface area (Å²) >= 11 is 1.33. The van der Waals surface area contributed by atoms with Crippen LogP contribution in [0.4, 0.5) is 5.69 Å². The zero-order valence-corrected chi connectivity index (χ0v) is 17.5. The molecule has 0 unspecified atom stereocenters. The predicted octanol–water partition coefficient (Wildman–Crippen LogP) is 1.11. The third kappa shape index (κ3) is 4.77. The molecule has 0 radical (unpaired) electrons. The Morgan fingerprint density at radius 2 is 1.53 bits per heavy atom. The fraction of sp³-hybridized carbons (Fsp3) is 0.250. The van der Waals surface area contributed by atoms with Gasteiger partial charge in [0.15, 0.2) is 5.78 Å². The summed E-state index contributed by atoms with van der Waals surface area (Å²) in [6.07, 6.45) is 4.49. The van der Waals surface area contributed by atoms with Crippen LogP contribution in [0.5, 0.6) is 0 Å². The Morgan fingerprint density at radius 3 is 2.00 bits per heavy atom. The number of nitrogens with one attached hydrogen (secondary N) is 1. The lowest BCUT2D eigenvalue weighted by atomic mass is 10.1. The second-order valence-corrected chi connectivity index (χ2v) is 7.10. The fourth-order valence-electron chi connectivity index (χ4n) is 2.78. The number of hydrogen-bond donors (Lipinski definition) is 1. The van der Waals surface area contributed by atoms with Gasteiger partial charge in [-0.1, -0.05) is 12.2 Å². The van der Waals surface area contributed by atoms with Crippen LogP contribution < -0.4 is 22.4 Å². The Morgan fingerprint density at radius 1 is 1.00 bits per heavy atom. The summed E-state index contributed by atoms with van der Waals surface area (Å²) in [5.74, 6) is -0.740. The first kappa shape index (κ1) is 22.9. The van der Waals surface area contributed by atoms with Crippen molar-refractivity contribution in [2.24, 2.45) is 0 Å². The molecule has 9 nitrogen and oxygen atoms in total. The number of hydrogen-bond acceptors (Lipinski definition) is 6. The van der Waals surface area contributed by atoms with E-state index in [1.165, 1.54) is 36.9 Å². The highest BCUT2D eigenvalue weighted by atomic mass is 32.2. The summed E-state index contributed by atoms with van der Waals surface area (Å²) in [5.41, 5.74) is -1.76. The Balaban J connectivity index is 2.53. The van der Waals surface area contributed by atoms with Crippen LogP contribution in [0, 0.1) is 0 Å². The van der Waals surface area contributed by atoms with Crippen LogP contribution in [0.15, 0.2) is 62.8 Å². The van der Waals surface area contributed by atoms with E-state index in [0.29, 0.717) is 10.6 Å². The van der Waals surface area contributed by atoms with Crippen molar-refractivity contribution in [1.29, 1.82) is 0 Å². The Hall–Kier alpha value is -3.40. The molecule has 0 atom stereocenters. The summed E-state index contributed by atoms with van der Waals surface area (Å²) in [6, 6.07) is 4.66. The molecule has 1 amide bonds. The number of thioether (sulfide) groups is 1. The van der Waals surface area contributed by atoms with Crippen LogP contribution in [0.3, 0.4) is 0 Å². The highest BCUT2D eigenvalue weighted by Gasteiger charge is 2.18. The zero-order valence-electron chi connectivity index (χ0n) is 16.7. The quantitative estimate of drug-likeness (QED) is 0.362. The van der Waals surface area contributed by atoms with Crippen LogP contribution >= 0.6 is 11.8 Å². The van der Waals surface area contributed by atoms with Gasteiger partial charge in [0.1, 0.15) is 0 Å². The van der Waals surface area contributed by atoms with E-state index in [4.69, 9.17) is 0 Å². The van der Waals surface area contributed by atoms with E-state index < -0.39 is 29.4 Å². The molecule has 10 heteroatoms. The van der Waals surface area contributed by atoms with Crippen molar-refractivity contribution in [3.63, 3.8) is 0 Å². The topological polar surface area (TPSA) is 112 Å². The average molecular weight is 430 g/mol. The van der Waals surface area contributed by atoms with Gasteiger partial charge in [-0.05, 0) is 24.5 Å². The lowest BCUT2D eigenvalue weighted by Crippen LogP contribution is -2.55. The number of ketones is 1. The molecule has 2 aromatic rings. The maximum Gasteiger partial charge on any atom is 0.337 e. The molecule has 0 aliphatic rings. The van der Waals surface area contributed by atoms with Crippen molar-refractivity contribution in [3.05, 3.63) is 80.5 Å². The predicted molar refractivity (Wildman–Crippen MR) is 116 cm³/mol. The lowest BCUT2D eigenvalue weighted by molar-refractivity contribution is -0.114. The number of amides is 1. The number of carbonyl (C=O) groups excluding carboxylic acids is 2. The average Bonchev–Trinajstić information content (AvgIpc) is 2.71. The Labute approximate surface area is 176 Å². The third-order valence-corrected chi connectivity index (χ3v) is 4.92. The lowest BCUT2D eigenvalue weighted by Gasteiger charge is -2.13. The number of aromatic nitrogens is 3. The molecule has 0 bridgehead atoms. The first-order chi connectivity index (χ1) is 14.2. The molecule has 0 saturated heterocycles. The molecule has 1 heterocycles. The van der Waals surface area contributed by atoms with Crippen molar-refractivity contribution in [2.75, 3.05) is 11.6 Å². The minimum atomic E-state index is -0.890.